The molecule has 7 heteroatoms. The molecule has 2 aromatic rings. The number of aryl methyl sites for hydroxylation is 1. The van der Waals surface area contributed by atoms with E-state index >= 15 is 0 Å². The number of unbranched alkanes of at least 4 members (excludes halogenated alkanes) is 1. The van der Waals surface area contributed by atoms with Crippen molar-refractivity contribution in [3.63, 3.8) is 0 Å². The van der Waals surface area contributed by atoms with E-state index in [1.165, 1.54) is 9.56 Å². The molecule has 0 bridgehead atoms. The number of hydrogen-bond donors (Lipinski definition) is 0. The first-order chi connectivity index (χ1) is 11.5. The molecule has 1 amide bonds. The summed E-state index contributed by atoms with van der Waals surface area (Å²) in [6.45, 7) is 4.99. The minimum Gasteiger partial charge on any atom is -0.344 e. The highest BCUT2D eigenvalue weighted by atomic mass is 32.1. The summed E-state index contributed by atoms with van der Waals surface area (Å²) in [6, 6.07) is 0. The molecular weight excluding hydrogens is 324 g/mol. The van der Waals surface area contributed by atoms with Crippen molar-refractivity contribution in [3.05, 3.63) is 20.8 Å². The predicted octanol–water partition coefficient (Wildman–Crippen LogP) is 2.24. The van der Waals surface area contributed by atoms with Gasteiger partial charge in [0.05, 0.1) is 5.39 Å². The molecule has 1 atom stereocenters. The molecule has 2 aromatic heterocycles. The maximum absolute atomic E-state index is 12.8. The summed E-state index contributed by atoms with van der Waals surface area (Å²) in [5.41, 5.74) is 0.956. The Morgan fingerprint density at radius 1 is 1.46 bits per heavy atom. The van der Waals surface area contributed by atoms with Crippen molar-refractivity contribution in [2.24, 2.45) is 5.92 Å². The van der Waals surface area contributed by atoms with Crippen LogP contribution in [0.15, 0.2) is 4.79 Å². The van der Waals surface area contributed by atoms with Crippen molar-refractivity contribution < 1.29 is 4.79 Å². The molecule has 0 saturated heterocycles. The molecule has 6 nitrogen and oxygen atoms in total. The first-order valence-corrected chi connectivity index (χ1v) is 9.45. The molecule has 2 heterocycles. The molecule has 130 valence electrons. The SMILES string of the molecule is CCCCN(C)C(=O)Cn1nnc2sc3c(c2c1=O)CC[C@H](C)C3. The lowest BCUT2D eigenvalue weighted by molar-refractivity contribution is -0.130. The molecule has 0 fully saturated rings. The van der Waals surface area contributed by atoms with Gasteiger partial charge in [-0.3, -0.25) is 9.59 Å². The highest BCUT2D eigenvalue weighted by Crippen LogP contribution is 2.35. The Hall–Kier alpha value is -1.76. The van der Waals surface area contributed by atoms with E-state index in [-0.39, 0.29) is 18.0 Å². The molecule has 1 aliphatic carbocycles. The van der Waals surface area contributed by atoms with Gasteiger partial charge in [0.2, 0.25) is 5.91 Å². The Morgan fingerprint density at radius 2 is 2.25 bits per heavy atom. The first kappa shape index (κ1) is 17.1. The minimum absolute atomic E-state index is 0.0387. The van der Waals surface area contributed by atoms with Crippen molar-refractivity contribution >= 4 is 27.5 Å². The molecule has 24 heavy (non-hydrogen) atoms. The normalized spacial score (nSPS) is 17.0. The molecular formula is C17H24N4O2S. The molecule has 0 N–H and O–H groups in total. The number of fused-ring (bicyclic) bond motifs is 3. The average molecular weight is 348 g/mol. The Bertz CT molecular complexity index is 811. The number of thiophene rings is 1. The van der Waals surface area contributed by atoms with Crippen molar-refractivity contribution in [3.8, 4) is 0 Å². The van der Waals surface area contributed by atoms with Gasteiger partial charge in [0, 0.05) is 18.5 Å². The van der Waals surface area contributed by atoms with Crippen LogP contribution in [0.2, 0.25) is 0 Å². The topological polar surface area (TPSA) is 68.1 Å². The highest BCUT2D eigenvalue weighted by Gasteiger charge is 2.24. The third kappa shape index (κ3) is 3.22. The number of carbonyl (C=O) groups excluding carboxylic acids is 1. The van der Waals surface area contributed by atoms with Gasteiger partial charge in [0.1, 0.15) is 6.54 Å². The van der Waals surface area contributed by atoms with E-state index in [0.717, 1.165) is 37.7 Å². The minimum atomic E-state index is -0.177. The van der Waals surface area contributed by atoms with Gasteiger partial charge in [-0.05, 0) is 37.2 Å². The number of aromatic nitrogens is 3. The van der Waals surface area contributed by atoms with Crippen LogP contribution in [0.4, 0.5) is 0 Å². The van der Waals surface area contributed by atoms with Crippen LogP contribution in [0.3, 0.4) is 0 Å². The van der Waals surface area contributed by atoms with E-state index in [4.69, 9.17) is 0 Å². The zero-order chi connectivity index (χ0) is 17.3. The number of nitrogens with zero attached hydrogens (tertiary/aromatic N) is 4. The zero-order valence-corrected chi connectivity index (χ0v) is 15.4. The summed E-state index contributed by atoms with van der Waals surface area (Å²) in [4.78, 5) is 28.7. The summed E-state index contributed by atoms with van der Waals surface area (Å²) in [5.74, 6) is 0.548. The van der Waals surface area contributed by atoms with Gasteiger partial charge in [0.15, 0.2) is 4.83 Å². The largest absolute Gasteiger partial charge is 0.344 e. The summed E-state index contributed by atoms with van der Waals surface area (Å²) in [5, 5.41) is 8.88. The second-order valence-electron chi connectivity index (χ2n) is 6.75. The summed E-state index contributed by atoms with van der Waals surface area (Å²) in [7, 11) is 1.77. The molecule has 0 saturated carbocycles. The first-order valence-electron chi connectivity index (χ1n) is 8.63. The second-order valence-corrected chi connectivity index (χ2v) is 7.84. The third-order valence-electron chi connectivity index (χ3n) is 4.74. The van der Waals surface area contributed by atoms with E-state index in [1.807, 2.05) is 0 Å². The maximum Gasteiger partial charge on any atom is 0.279 e. The van der Waals surface area contributed by atoms with Gasteiger partial charge in [-0.1, -0.05) is 25.5 Å². The summed E-state index contributed by atoms with van der Waals surface area (Å²) >= 11 is 1.58. The number of likely N-dealkylation sites (N-methyl/N-ethyl adjacent to an activating group) is 1. The lowest BCUT2D eigenvalue weighted by Gasteiger charge is -2.18. The van der Waals surface area contributed by atoms with Crippen LogP contribution in [0.5, 0.6) is 0 Å². The fourth-order valence-corrected chi connectivity index (χ4v) is 4.48. The van der Waals surface area contributed by atoms with E-state index < -0.39 is 0 Å². The molecule has 0 spiro atoms. The standard InChI is InChI=1S/C17H24N4O2S/c1-4-5-8-20(3)14(22)10-21-17(23)15-12-7-6-11(2)9-13(12)24-16(15)18-19-21/h11H,4-10H2,1-3H3/t11-/m0/s1. The summed E-state index contributed by atoms with van der Waals surface area (Å²) in [6.07, 6.45) is 5.01. The average Bonchev–Trinajstić information content (AvgIpc) is 2.93. The van der Waals surface area contributed by atoms with Crippen molar-refractivity contribution in [1.82, 2.24) is 19.9 Å². The molecule has 0 unspecified atom stereocenters. The van der Waals surface area contributed by atoms with Gasteiger partial charge < -0.3 is 4.90 Å². The fraction of sp³-hybridized carbons (Fsp3) is 0.647. The molecule has 0 aliphatic heterocycles. The molecule has 0 aromatic carbocycles. The van der Waals surface area contributed by atoms with Gasteiger partial charge in [-0.2, -0.15) is 0 Å². The lowest BCUT2D eigenvalue weighted by atomic mass is 9.89. The third-order valence-corrected chi connectivity index (χ3v) is 5.88. The quantitative estimate of drug-likeness (QED) is 0.831. The summed E-state index contributed by atoms with van der Waals surface area (Å²) < 4.78 is 1.22. The van der Waals surface area contributed by atoms with Gasteiger partial charge in [0.25, 0.3) is 5.56 Å². The maximum atomic E-state index is 12.8. The zero-order valence-electron chi connectivity index (χ0n) is 14.5. The Morgan fingerprint density at radius 3 is 3.00 bits per heavy atom. The Kier molecular flexibility index (Phi) is 4.99. The fourth-order valence-electron chi connectivity index (χ4n) is 3.16. The van der Waals surface area contributed by atoms with Crippen molar-refractivity contribution in [2.45, 2.75) is 52.5 Å². The van der Waals surface area contributed by atoms with Gasteiger partial charge >= 0.3 is 0 Å². The Balaban J connectivity index is 1.89. The Labute approximate surface area is 145 Å². The smallest absolute Gasteiger partial charge is 0.279 e. The number of amides is 1. The van der Waals surface area contributed by atoms with Gasteiger partial charge in [-0.15, -0.1) is 16.4 Å². The number of hydrogen-bond acceptors (Lipinski definition) is 5. The van der Waals surface area contributed by atoms with E-state index in [2.05, 4.69) is 24.2 Å². The molecule has 0 radical (unpaired) electrons. The van der Waals surface area contributed by atoms with Crippen LogP contribution in [0.25, 0.3) is 10.2 Å². The van der Waals surface area contributed by atoms with Gasteiger partial charge in [-0.25, -0.2) is 4.68 Å². The highest BCUT2D eigenvalue weighted by molar-refractivity contribution is 7.18. The number of rotatable bonds is 5. The molecule has 1 aliphatic rings. The van der Waals surface area contributed by atoms with E-state index in [0.29, 0.717) is 22.7 Å². The van der Waals surface area contributed by atoms with Crippen LogP contribution < -0.4 is 5.56 Å². The van der Waals surface area contributed by atoms with E-state index in [1.54, 1.807) is 23.3 Å². The van der Waals surface area contributed by atoms with Crippen LogP contribution in [0, 0.1) is 5.92 Å². The number of carbonyl (C=O) groups is 1. The van der Waals surface area contributed by atoms with Crippen LogP contribution >= 0.6 is 11.3 Å². The van der Waals surface area contributed by atoms with Crippen molar-refractivity contribution in [2.75, 3.05) is 13.6 Å². The lowest BCUT2D eigenvalue weighted by Crippen LogP contribution is -2.36. The van der Waals surface area contributed by atoms with Crippen LogP contribution in [0.1, 0.15) is 43.6 Å². The molecule has 3 rings (SSSR count). The van der Waals surface area contributed by atoms with Crippen molar-refractivity contribution in [1.29, 1.82) is 0 Å². The van der Waals surface area contributed by atoms with Crippen LogP contribution in [-0.4, -0.2) is 39.4 Å². The second kappa shape index (κ2) is 7.01. The van der Waals surface area contributed by atoms with Crippen LogP contribution in [-0.2, 0) is 24.2 Å². The monoisotopic (exact) mass is 348 g/mol. The predicted molar refractivity (Wildman–Crippen MR) is 95.4 cm³/mol. The van der Waals surface area contributed by atoms with E-state index in [9.17, 15) is 9.59 Å².